The Balaban J connectivity index is 1.39. The van der Waals surface area contributed by atoms with Crippen molar-refractivity contribution in [3.05, 3.63) is 120 Å². The molecule has 35 heavy (non-hydrogen) atoms. The summed E-state index contributed by atoms with van der Waals surface area (Å²) in [4.78, 5) is 20.5. The van der Waals surface area contributed by atoms with Crippen molar-refractivity contribution in [1.82, 2.24) is 15.3 Å². The second-order valence-electron chi connectivity index (χ2n) is 8.32. The van der Waals surface area contributed by atoms with Crippen molar-refractivity contribution in [2.75, 3.05) is 0 Å². The number of fused-ring (bicyclic) bond motifs is 2. The molecule has 3 N–H and O–H groups in total. The van der Waals surface area contributed by atoms with Crippen LogP contribution in [0.3, 0.4) is 0 Å². The summed E-state index contributed by atoms with van der Waals surface area (Å²) < 4.78 is 5.41. The topological polar surface area (TPSA) is 87.2 Å². The minimum Gasteiger partial charge on any atom is -0.510 e. The van der Waals surface area contributed by atoms with Crippen molar-refractivity contribution in [2.24, 2.45) is 0 Å². The fourth-order valence-corrected chi connectivity index (χ4v) is 4.07. The quantitative estimate of drug-likeness (QED) is 0.253. The van der Waals surface area contributed by atoms with Gasteiger partial charge < -0.3 is 20.1 Å². The van der Waals surface area contributed by atoms with Crippen LogP contribution in [0.5, 0.6) is 0 Å². The average Bonchev–Trinajstić information content (AvgIpc) is 3.30. The Morgan fingerprint density at radius 1 is 0.971 bits per heavy atom. The van der Waals surface area contributed by atoms with Crippen LogP contribution in [0.25, 0.3) is 27.9 Å². The first-order valence-corrected chi connectivity index (χ1v) is 11.4. The van der Waals surface area contributed by atoms with Crippen LogP contribution in [0.2, 0.25) is 0 Å². The van der Waals surface area contributed by atoms with E-state index < -0.39 is 12.1 Å². The number of carbonyl (C=O) groups is 1. The van der Waals surface area contributed by atoms with Gasteiger partial charge in [-0.3, -0.25) is 0 Å². The highest BCUT2D eigenvalue weighted by Crippen LogP contribution is 2.22. The van der Waals surface area contributed by atoms with E-state index in [0.717, 1.165) is 32.9 Å². The number of alkyl carbamates (subject to hydrolysis) is 1. The van der Waals surface area contributed by atoms with Gasteiger partial charge in [-0.05, 0) is 29.3 Å². The van der Waals surface area contributed by atoms with Gasteiger partial charge in [0.05, 0.1) is 17.3 Å². The summed E-state index contributed by atoms with van der Waals surface area (Å²) in [5, 5.41) is 16.0. The third kappa shape index (κ3) is 5.33. The molecule has 1 amide bonds. The number of nitrogens with one attached hydrogen (secondary N) is 2. The zero-order chi connectivity index (χ0) is 24.0. The molecule has 0 saturated carbocycles. The number of rotatable bonds is 7. The number of hydrogen-bond acceptors (Lipinski definition) is 4. The first-order chi connectivity index (χ1) is 17.2. The van der Waals surface area contributed by atoms with Crippen LogP contribution in [-0.2, 0) is 17.8 Å². The van der Waals surface area contributed by atoms with Gasteiger partial charge in [-0.1, -0.05) is 72.8 Å². The lowest BCUT2D eigenvalue weighted by Gasteiger charge is -2.18. The summed E-state index contributed by atoms with van der Waals surface area (Å²) >= 11 is 0. The molecule has 0 aliphatic carbocycles. The Morgan fingerprint density at radius 3 is 2.63 bits per heavy atom. The molecule has 0 aliphatic rings. The second kappa shape index (κ2) is 10.1. The summed E-state index contributed by atoms with van der Waals surface area (Å²) in [5.74, 6) is -0.00489. The van der Waals surface area contributed by atoms with Crippen LogP contribution in [0, 0.1) is 0 Å². The number of H-pyrrole nitrogens is 1. The second-order valence-corrected chi connectivity index (χ2v) is 8.32. The van der Waals surface area contributed by atoms with Gasteiger partial charge in [0.1, 0.15) is 12.4 Å². The molecule has 2 heterocycles. The molecule has 0 spiro atoms. The molecule has 174 valence electrons. The van der Waals surface area contributed by atoms with Crippen LogP contribution in [0.15, 0.2) is 103 Å². The number of pyridine rings is 1. The van der Waals surface area contributed by atoms with Gasteiger partial charge >= 0.3 is 6.09 Å². The van der Waals surface area contributed by atoms with Crippen LogP contribution in [0.1, 0.15) is 16.8 Å². The monoisotopic (exact) mass is 463 g/mol. The lowest BCUT2D eigenvalue weighted by atomic mass is 10.0. The molecule has 0 aliphatic heterocycles. The normalized spacial score (nSPS) is 12.5. The number of aliphatic hydroxyl groups excluding tert-OH is 1. The van der Waals surface area contributed by atoms with E-state index in [4.69, 9.17) is 4.74 Å². The van der Waals surface area contributed by atoms with Crippen molar-refractivity contribution >= 4 is 34.0 Å². The highest BCUT2D eigenvalue weighted by molar-refractivity contribution is 5.83. The van der Waals surface area contributed by atoms with Crippen LogP contribution in [0.4, 0.5) is 4.79 Å². The highest BCUT2D eigenvalue weighted by atomic mass is 16.5. The van der Waals surface area contributed by atoms with Gasteiger partial charge in [0.2, 0.25) is 0 Å². The first-order valence-electron chi connectivity index (χ1n) is 11.4. The standard InChI is InChI=1S/C29H25N3O3/c33-28(17-23-15-14-21-10-4-6-12-25(21)31-23)27(16-22-18-30-26-13-7-5-11-24(22)26)32-29(34)35-19-20-8-2-1-3-9-20/h1-15,17-18,27,30,33H,16,19H2,(H,32,34)/b28-17-/t27-/m0/s1. The molecule has 0 unspecified atom stereocenters. The highest BCUT2D eigenvalue weighted by Gasteiger charge is 2.20. The van der Waals surface area contributed by atoms with E-state index in [1.807, 2.05) is 97.2 Å². The third-order valence-corrected chi connectivity index (χ3v) is 5.88. The molecule has 0 fully saturated rings. The van der Waals surface area contributed by atoms with E-state index in [1.54, 1.807) is 6.08 Å². The summed E-state index contributed by atoms with van der Waals surface area (Å²) in [7, 11) is 0. The smallest absolute Gasteiger partial charge is 0.408 e. The Kier molecular flexibility index (Phi) is 6.44. The number of hydrogen-bond donors (Lipinski definition) is 3. The largest absolute Gasteiger partial charge is 0.510 e. The minimum absolute atomic E-state index is 0.00489. The van der Waals surface area contributed by atoms with E-state index >= 15 is 0 Å². The SMILES string of the molecule is O=C(N[C@@H](Cc1c[nH]c2ccccc12)/C(O)=C/c1ccc2ccccc2n1)OCc1ccccc1. The van der Waals surface area contributed by atoms with Crippen molar-refractivity contribution in [2.45, 2.75) is 19.1 Å². The maximum Gasteiger partial charge on any atom is 0.408 e. The number of nitrogens with zero attached hydrogens (tertiary/aromatic N) is 1. The fraction of sp³-hybridized carbons (Fsp3) is 0.103. The van der Waals surface area contributed by atoms with Gasteiger partial charge in [0.25, 0.3) is 0 Å². The van der Waals surface area contributed by atoms with E-state index in [2.05, 4.69) is 15.3 Å². The summed E-state index contributed by atoms with van der Waals surface area (Å²) in [6, 6.07) is 28.3. The van der Waals surface area contributed by atoms with Crippen LogP contribution in [-0.4, -0.2) is 27.2 Å². The molecular formula is C29H25N3O3. The van der Waals surface area contributed by atoms with Gasteiger partial charge in [0.15, 0.2) is 0 Å². The third-order valence-electron chi connectivity index (χ3n) is 5.88. The molecule has 3 aromatic carbocycles. The zero-order valence-electron chi connectivity index (χ0n) is 19.0. The maximum absolute atomic E-state index is 12.7. The predicted molar refractivity (Wildman–Crippen MR) is 138 cm³/mol. The Bertz CT molecular complexity index is 1490. The van der Waals surface area contributed by atoms with Gasteiger partial charge in [-0.15, -0.1) is 0 Å². The molecule has 6 nitrogen and oxygen atoms in total. The van der Waals surface area contributed by atoms with Crippen molar-refractivity contribution in [1.29, 1.82) is 0 Å². The maximum atomic E-state index is 12.7. The van der Waals surface area contributed by atoms with Crippen molar-refractivity contribution in [3.63, 3.8) is 0 Å². The number of aromatic nitrogens is 2. The number of ether oxygens (including phenoxy) is 1. The molecule has 0 radical (unpaired) electrons. The van der Waals surface area contributed by atoms with E-state index in [9.17, 15) is 9.90 Å². The van der Waals surface area contributed by atoms with Crippen LogP contribution >= 0.6 is 0 Å². The minimum atomic E-state index is -0.703. The van der Waals surface area contributed by atoms with Gasteiger partial charge in [-0.2, -0.15) is 0 Å². The zero-order valence-corrected chi connectivity index (χ0v) is 19.0. The van der Waals surface area contributed by atoms with E-state index in [0.29, 0.717) is 12.1 Å². The van der Waals surface area contributed by atoms with Gasteiger partial charge in [0, 0.05) is 35.0 Å². The van der Waals surface area contributed by atoms with Gasteiger partial charge in [-0.25, -0.2) is 9.78 Å². The number of benzene rings is 3. The van der Waals surface area contributed by atoms with Crippen LogP contribution < -0.4 is 5.32 Å². The summed E-state index contributed by atoms with van der Waals surface area (Å²) in [6.07, 6.45) is 3.25. The van der Waals surface area contributed by atoms with E-state index in [1.165, 1.54) is 0 Å². The molecule has 2 aromatic heterocycles. The number of carbonyl (C=O) groups excluding carboxylic acids is 1. The van der Waals surface area contributed by atoms with E-state index in [-0.39, 0.29) is 12.4 Å². The molecule has 0 saturated heterocycles. The molecular weight excluding hydrogens is 438 g/mol. The fourth-order valence-electron chi connectivity index (χ4n) is 4.07. The first kappa shape index (κ1) is 22.2. The predicted octanol–water partition coefficient (Wildman–Crippen LogP) is 6.15. The molecule has 5 aromatic rings. The van der Waals surface area contributed by atoms with Crippen molar-refractivity contribution < 1.29 is 14.6 Å². The number of aliphatic hydroxyl groups is 1. The number of para-hydroxylation sites is 2. The Hall–Kier alpha value is -4.58. The molecule has 6 heteroatoms. The molecule has 0 bridgehead atoms. The Morgan fingerprint density at radius 2 is 1.74 bits per heavy atom. The summed E-state index contributed by atoms with van der Waals surface area (Å²) in [6.45, 7) is 0.142. The number of aromatic amines is 1. The summed E-state index contributed by atoms with van der Waals surface area (Å²) in [5.41, 5.74) is 4.28. The average molecular weight is 464 g/mol. The molecule has 5 rings (SSSR count). The van der Waals surface area contributed by atoms with Crippen molar-refractivity contribution in [3.8, 4) is 0 Å². The molecule has 1 atom stereocenters. The lowest BCUT2D eigenvalue weighted by molar-refractivity contribution is 0.134. The Labute approximate surface area is 202 Å². The lowest BCUT2D eigenvalue weighted by Crippen LogP contribution is -2.38. The number of amides is 1.